The predicted molar refractivity (Wildman–Crippen MR) is 38.4 cm³/mol. The van der Waals surface area contributed by atoms with Crippen molar-refractivity contribution in [3.63, 3.8) is 0 Å². The second-order valence-corrected chi connectivity index (χ2v) is 2.70. The van der Waals surface area contributed by atoms with Crippen LogP contribution in [-0.2, 0) is 14.3 Å². The van der Waals surface area contributed by atoms with Crippen LogP contribution in [0.3, 0.4) is 0 Å². The lowest BCUT2D eigenvalue weighted by molar-refractivity contribution is -0.233. The third-order valence-corrected chi connectivity index (χ3v) is 1.87. The molecule has 0 aromatic heterocycles. The molecule has 1 aliphatic heterocycles. The highest BCUT2D eigenvalue weighted by Gasteiger charge is 2.36. The van der Waals surface area contributed by atoms with E-state index in [1.165, 1.54) is 7.11 Å². The molecule has 70 valence electrons. The first kappa shape index (κ1) is 9.60. The first-order chi connectivity index (χ1) is 5.69. The highest BCUT2D eigenvalue weighted by Crippen LogP contribution is 2.19. The molecule has 0 aliphatic carbocycles. The number of aliphatic hydroxyl groups is 2. The zero-order valence-corrected chi connectivity index (χ0v) is 6.71. The van der Waals surface area contributed by atoms with Gasteiger partial charge in [0.25, 0.3) is 0 Å². The van der Waals surface area contributed by atoms with Gasteiger partial charge >= 0.3 is 0 Å². The third-order valence-electron chi connectivity index (χ3n) is 1.87. The SMILES string of the molecule is COC1CC(O)C(O)C(C=O)O1. The van der Waals surface area contributed by atoms with Crippen LogP contribution in [0.25, 0.3) is 0 Å². The maximum absolute atomic E-state index is 10.3. The number of aliphatic hydroxyl groups excluding tert-OH is 2. The Balaban J connectivity index is 2.57. The predicted octanol–water partition coefficient (Wildman–Crippen LogP) is -1.33. The molecule has 5 nitrogen and oxygen atoms in total. The first-order valence-electron chi connectivity index (χ1n) is 3.68. The Bertz CT molecular complexity index is 160. The monoisotopic (exact) mass is 176 g/mol. The van der Waals surface area contributed by atoms with Crippen LogP contribution < -0.4 is 0 Å². The Kier molecular flexibility index (Phi) is 3.16. The summed E-state index contributed by atoms with van der Waals surface area (Å²) in [5, 5.41) is 18.4. The van der Waals surface area contributed by atoms with E-state index in [-0.39, 0.29) is 6.42 Å². The Morgan fingerprint density at radius 2 is 2.25 bits per heavy atom. The summed E-state index contributed by atoms with van der Waals surface area (Å²) in [6.07, 6.45) is -3.06. The van der Waals surface area contributed by atoms with Crippen molar-refractivity contribution >= 4 is 6.29 Å². The molecule has 1 heterocycles. The smallest absolute Gasteiger partial charge is 0.160 e. The first-order valence-corrected chi connectivity index (χ1v) is 3.68. The molecule has 1 fully saturated rings. The summed E-state index contributed by atoms with van der Waals surface area (Å²) < 4.78 is 9.76. The molecular formula is C7H12O5. The van der Waals surface area contributed by atoms with Crippen LogP contribution >= 0.6 is 0 Å². The van der Waals surface area contributed by atoms with Crippen molar-refractivity contribution in [2.75, 3.05) is 7.11 Å². The van der Waals surface area contributed by atoms with Gasteiger partial charge in [0.15, 0.2) is 12.6 Å². The van der Waals surface area contributed by atoms with Gasteiger partial charge in [-0.05, 0) is 0 Å². The minimum absolute atomic E-state index is 0.183. The van der Waals surface area contributed by atoms with Gasteiger partial charge in [-0.1, -0.05) is 0 Å². The molecule has 12 heavy (non-hydrogen) atoms. The molecule has 1 rings (SSSR count). The molecule has 1 saturated heterocycles. The Morgan fingerprint density at radius 3 is 2.75 bits per heavy atom. The van der Waals surface area contributed by atoms with Crippen molar-refractivity contribution < 1.29 is 24.5 Å². The standard InChI is InChI=1S/C7H12O5/c1-11-6-2-4(9)7(10)5(3-8)12-6/h3-7,9-10H,2H2,1H3. The van der Waals surface area contributed by atoms with Crippen molar-refractivity contribution in [1.29, 1.82) is 0 Å². The molecule has 0 spiro atoms. The van der Waals surface area contributed by atoms with Crippen molar-refractivity contribution in [3.8, 4) is 0 Å². The average Bonchev–Trinajstić information content (AvgIpc) is 2.09. The number of aldehydes is 1. The molecular weight excluding hydrogens is 164 g/mol. The highest BCUT2D eigenvalue weighted by molar-refractivity contribution is 5.57. The van der Waals surface area contributed by atoms with Crippen LogP contribution in [-0.4, -0.2) is 48.2 Å². The number of hydrogen-bond acceptors (Lipinski definition) is 5. The lowest BCUT2D eigenvalue weighted by Crippen LogP contribution is -2.49. The molecule has 1 aliphatic rings. The summed E-state index contributed by atoms with van der Waals surface area (Å²) in [6.45, 7) is 0. The van der Waals surface area contributed by atoms with Crippen LogP contribution in [0.4, 0.5) is 0 Å². The number of carbonyl (C=O) groups excluding carboxylic acids is 1. The average molecular weight is 176 g/mol. The van der Waals surface area contributed by atoms with Crippen LogP contribution in [0.5, 0.6) is 0 Å². The van der Waals surface area contributed by atoms with E-state index < -0.39 is 24.6 Å². The maximum Gasteiger partial charge on any atom is 0.160 e. The Morgan fingerprint density at radius 1 is 1.58 bits per heavy atom. The highest BCUT2D eigenvalue weighted by atomic mass is 16.7. The van der Waals surface area contributed by atoms with Crippen LogP contribution in [0.1, 0.15) is 6.42 Å². The topological polar surface area (TPSA) is 76.0 Å². The van der Waals surface area contributed by atoms with Gasteiger partial charge in [-0.25, -0.2) is 0 Å². The molecule has 0 aromatic carbocycles. The summed E-state index contributed by atoms with van der Waals surface area (Å²) in [5.41, 5.74) is 0. The van der Waals surface area contributed by atoms with Gasteiger partial charge < -0.3 is 24.5 Å². The fourth-order valence-corrected chi connectivity index (χ4v) is 1.13. The second kappa shape index (κ2) is 3.95. The minimum Gasteiger partial charge on any atom is -0.390 e. The molecule has 0 saturated carbocycles. The lowest BCUT2D eigenvalue weighted by atomic mass is 10.0. The molecule has 0 bridgehead atoms. The van der Waals surface area contributed by atoms with E-state index in [1.54, 1.807) is 0 Å². The number of hydrogen-bond donors (Lipinski definition) is 2. The summed E-state index contributed by atoms with van der Waals surface area (Å²) in [7, 11) is 1.41. The zero-order valence-electron chi connectivity index (χ0n) is 6.71. The molecule has 4 unspecified atom stereocenters. The summed E-state index contributed by atoms with van der Waals surface area (Å²) >= 11 is 0. The van der Waals surface area contributed by atoms with Crippen molar-refractivity contribution in [2.45, 2.75) is 31.0 Å². The summed E-state index contributed by atoms with van der Waals surface area (Å²) in [6, 6.07) is 0. The summed E-state index contributed by atoms with van der Waals surface area (Å²) in [4.78, 5) is 10.3. The molecule has 0 radical (unpaired) electrons. The quantitative estimate of drug-likeness (QED) is 0.510. The van der Waals surface area contributed by atoms with E-state index in [1.807, 2.05) is 0 Å². The zero-order chi connectivity index (χ0) is 9.14. The van der Waals surface area contributed by atoms with E-state index in [0.717, 1.165) is 0 Å². The van der Waals surface area contributed by atoms with E-state index in [2.05, 4.69) is 0 Å². The van der Waals surface area contributed by atoms with Gasteiger partial charge in [-0.3, -0.25) is 0 Å². The van der Waals surface area contributed by atoms with Gasteiger partial charge in [-0.2, -0.15) is 0 Å². The van der Waals surface area contributed by atoms with E-state index >= 15 is 0 Å². The number of carbonyl (C=O) groups is 1. The summed E-state index contributed by atoms with van der Waals surface area (Å²) in [5.74, 6) is 0. The lowest BCUT2D eigenvalue weighted by Gasteiger charge is -2.33. The molecule has 5 heteroatoms. The normalized spacial score (nSPS) is 42.6. The van der Waals surface area contributed by atoms with E-state index in [9.17, 15) is 15.0 Å². The van der Waals surface area contributed by atoms with Crippen LogP contribution in [0, 0.1) is 0 Å². The Hall–Kier alpha value is -0.490. The molecule has 2 N–H and O–H groups in total. The fraction of sp³-hybridized carbons (Fsp3) is 0.857. The second-order valence-electron chi connectivity index (χ2n) is 2.70. The molecule has 4 atom stereocenters. The van der Waals surface area contributed by atoms with E-state index in [0.29, 0.717) is 6.29 Å². The molecule has 0 amide bonds. The van der Waals surface area contributed by atoms with Crippen molar-refractivity contribution in [2.24, 2.45) is 0 Å². The molecule has 0 aromatic rings. The van der Waals surface area contributed by atoms with Gasteiger partial charge in [0.1, 0.15) is 12.2 Å². The van der Waals surface area contributed by atoms with Crippen molar-refractivity contribution in [1.82, 2.24) is 0 Å². The number of ether oxygens (including phenoxy) is 2. The maximum atomic E-state index is 10.3. The Labute approximate surface area is 69.9 Å². The van der Waals surface area contributed by atoms with Gasteiger partial charge in [-0.15, -0.1) is 0 Å². The van der Waals surface area contributed by atoms with Crippen LogP contribution in [0.2, 0.25) is 0 Å². The minimum atomic E-state index is -1.14. The number of methoxy groups -OCH3 is 1. The largest absolute Gasteiger partial charge is 0.390 e. The van der Waals surface area contributed by atoms with Crippen molar-refractivity contribution in [3.05, 3.63) is 0 Å². The third kappa shape index (κ3) is 1.81. The fourth-order valence-electron chi connectivity index (χ4n) is 1.13. The van der Waals surface area contributed by atoms with Gasteiger partial charge in [0.2, 0.25) is 0 Å². The van der Waals surface area contributed by atoms with E-state index in [4.69, 9.17) is 9.47 Å². The van der Waals surface area contributed by atoms with Gasteiger partial charge in [0.05, 0.1) is 6.10 Å². The van der Waals surface area contributed by atoms with Gasteiger partial charge in [0, 0.05) is 13.5 Å². The van der Waals surface area contributed by atoms with Crippen LogP contribution in [0.15, 0.2) is 0 Å². The number of rotatable bonds is 2.